The number of hydrogen-bond acceptors (Lipinski definition) is 4. The number of aromatic nitrogens is 1. The fourth-order valence-corrected chi connectivity index (χ4v) is 3.58. The summed E-state index contributed by atoms with van der Waals surface area (Å²) in [5.41, 5.74) is -0.0500. The van der Waals surface area contributed by atoms with Gasteiger partial charge in [-0.15, -0.1) is 0 Å². The molecule has 1 aromatic heterocycles. The quantitative estimate of drug-likeness (QED) is 0.796. The first-order chi connectivity index (χ1) is 9.29. The van der Waals surface area contributed by atoms with Gasteiger partial charge in [0, 0.05) is 26.3 Å². The Bertz CT molecular complexity index is 608. The van der Waals surface area contributed by atoms with Gasteiger partial charge < -0.3 is 14.6 Å². The number of aromatic carboxylic acids is 1. The lowest BCUT2D eigenvalue weighted by Crippen LogP contribution is -2.30. The second-order valence-electron chi connectivity index (χ2n) is 5.25. The van der Waals surface area contributed by atoms with Gasteiger partial charge in [0.1, 0.15) is 10.6 Å². The van der Waals surface area contributed by atoms with Gasteiger partial charge in [-0.05, 0) is 32.0 Å². The molecule has 1 unspecified atom stereocenters. The van der Waals surface area contributed by atoms with Crippen molar-refractivity contribution in [3.05, 3.63) is 18.0 Å². The number of carboxylic acid groups (broad SMARTS) is 1. The molecule has 1 aliphatic heterocycles. The molecule has 0 aliphatic carbocycles. The molecule has 2 rings (SSSR count). The molecule has 0 spiro atoms. The van der Waals surface area contributed by atoms with E-state index in [-0.39, 0.29) is 10.6 Å². The van der Waals surface area contributed by atoms with Crippen LogP contribution in [-0.4, -0.2) is 55.6 Å². The smallest absolute Gasteiger partial charge is 0.352 e. The third-order valence-corrected chi connectivity index (χ3v) is 4.95. The molecule has 0 bridgehead atoms. The largest absolute Gasteiger partial charge is 0.477 e. The van der Waals surface area contributed by atoms with E-state index < -0.39 is 16.0 Å². The van der Waals surface area contributed by atoms with Crippen LogP contribution in [-0.2, 0) is 17.1 Å². The van der Waals surface area contributed by atoms with Crippen LogP contribution in [0.5, 0.6) is 0 Å². The highest BCUT2D eigenvalue weighted by Gasteiger charge is 2.24. The molecule has 0 saturated carbocycles. The molecule has 1 saturated heterocycles. The standard InChI is InChI=1S/C12H19N3O4S/c1-14-4-3-9(7-14)6-13-20(18,19)10-5-11(12(16)17)15(2)8-10/h5,8-9,13H,3-4,6-7H2,1-2H3,(H,16,17). The Hall–Kier alpha value is -1.38. The molecule has 1 aromatic rings. The van der Waals surface area contributed by atoms with Crippen molar-refractivity contribution in [3.63, 3.8) is 0 Å². The number of carboxylic acids is 1. The van der Waals surface area contributed by atoms with E-state index in [1.165, 1.54) is 23.9 Å². The van der Waals surface area contributed by atoms with Gasteiger partial charge in [-0.3, -0.25) is 0 Å². The molecule has 1 fully saturated rings. The molecular formula is C12H19N3O4S. The Morgan fingerprint density at radius 3 is 2.70 bits per heavy atom. The Morgan fingerprint density at radius 2 is 2.20 bits per heavy atom. The van der Waals surface area contributed by atoms with Gasteiger partial charge in [0.25, 0.3) is 0 Å². The van der Waals surface area contributed by atoms with Crippen LogP contribution in [0.2, 0.25) is 0 Å². The van der Waals surface area contributed by atoms with E-state index in [4.69, 9.17) is 5.11 Å². The zero-order chi connectivity index (χ0) is 14.9. The average molecular weight is 301 g/mol. The van der Waals surface area contributed by atoms with Gasteiger partial charge in [0.15, 0.2) is 0 Å². The first-order valence-corrected chi connectivity index (χ1v) is 7.86. The molecule has 2 N–H and O–H groups in total. The van der Waals surface area contributed by atoms with Crippen LogP contribution in [0.15, 0.2) is 17.2 Å². The van der Waals surface area contributed by atoms with Crippen molar-refractivity contribution < 1.29 is 18.3 Å². The van der Waals surface area contributed by atoms with Crippen LogP contribution < -0.4 is 4.72 Å². The van der Waals surface area contributed by atoms with Crippen molar-refractivity contribution in [1.82, 2.24) is 14.2 Å². The molecular weight excluding hydrogens is 282 g/mol. The van der Waals surface area contributed by atoms with E-state index in [2.05, 4.69) is 9.62 Å². The maximum absolute atomic E-state index is 12.1. The molecule has 2 heterocycles. The second-order valence-corrected chi connectivity index (χ2v) is 7.01. The normalized spacial score (nSPS) is 20.4. The third-order valence-electron chi connectivity index (χ3n) is 3.56. The zero-order valence-electron chi connectivity index (χ0n) is 11.5. The van der Waals surface area contributed by atoms with Crippen molar-refractivity contribution in [2.45, 2.75) is 11.3 Å². The average Bonchev–Trinajstić information content (AvgIpc) is 2.93. The lowest BCUT2D eigenvalue weighted by Gasteiger charge is -2.11. The minimum absolute atomic E-state index is 0.0104. The van der Waals surface area contributed by atoms with Gasteiger partial charge in [0.05, 0.1) is 0 Å². The highest BCUT2D eigenvalue weighted by molar-refractivity contribution is 7.89. The van der Waals surface area contributed by atoms with E-state index in [1.54, 1.807) is 0 Å². The zero-order valence-corrected chi connectivity index (χ0v) is 12.4. The Labute approximate surface area is 118 Å². The number of nitrogens with zero attached hydrogens (tertiary/aromatic N) is 2. The number of sulfonamides is 1. The van der Waals surface area contributed by atoms with Crippen LogP contribution in [0.25, 0.3) is 0 Å². The lowest BCUT2D eigenvalue weighted by atomic mass is 10.1. The van der Waals surface area contributed by atoms with E-state index in [9.17, 15) is 13.2 Å². The molecule has 1 aliphatic rings. The number of hydrogen-bond donors (Lipinski definition) is 2. The molecule has 20 heavy (non-hydrogen) atoms. The van der Waals surface area contributed by atoms with Crippen LogP contribution in [0.1, 0.15) is 16.9 Å². The lowest BCUT2D eigenvalue weighted by molar-refractivity contribution is 0.0686. The maximum Gasteiger partial charge on any atom is 0.352 e. The highest BCUT2D eigenvalue weighted by Crippen LogP contribution is 2.16. The Kier molecular flexibility index (Phi) is 4.17. The summed E-state index contributed by atoms with van der Waals surface area (Å²) in [6.07, 6.45) is 2.28. The molecule has 8 heteroatoms. The molecule has 1 atom stereocenters. The predicted molar refractivity (Wildman–Crippen MR) is 73.2 cm³/mol. The molecule has 112 valence electrons. The van der Waals surface area contributed by atoms with Crippen molar-refractivity contribution in [1.29, 1.82) is 0 Å². The summed E-state index contributed by atoms with van der Waals surface area (Å²) in [6, 6.07) is 1.17. The summed E-state index contributed by atoms with van der Waals surface area (Å²) in [4.78, 5) is 13.1. The summed E-state index contributed by atoms with van der Waals surface area (Å²) >= 11 is 0. The molecule has 0 amide bonds. The van der Waals surface area contributed by atoms with E-state index in [1.807, 2.05) is 7.05 Å². The number of aryl methyl sites for hydroxylation is 1. The molecule has 7 nitrogen and oxygen atoms in total. The third kappa shape index (κ3) is 3.20. The van der Waals surface area contributed by atoms with Crippen molar-refractivity contribution in [2.75, 3.05) is 26.7 Å². The van der Waals surface area contributed by atoms with Crippen LogP contribution in [0.4, 0.5) is 0 Å². The molecule has 0 radical (unpaired) electrons. The van der Waals surface area contributed by atoms with Crippen molar-refractivity contribution in [3.8, 4) is 0 Å². The van der Waals surface area contributed by atoms with Crippen molar-refractivity contribution >= 4 is 16.0 Å². The Balaban J connectivity index is 2.06. The number of nitrogens with one attached hydrogen (secondary N) is 1. The fraction of sp³-hybridized carbons (Fsp3) is 0.583. The molecule has 0 aromatic carbocycles. The number of rotatable bonds is 5. The summed E-state index contributed by atoms with van der Waals surface area (Å²) in [6.45, 7) is 2.22. The van der Waals surface area contributed by atoms with Gasteiger partial charge in [-0.1, -0.05) is 0 Å². The second kappa shape index (κ2) is 5.55. The first-order valence-electron chi connectivity index (χ1n) is 6.37. The summed E-state index contributed by atoms with van der Waals surface area (Å²) in [5.74, 6) is -0.844. The summed E-state index contributed by atoms with van der Waals surface area (Å²) in [5, 5.41) is 8.93. The Morgan fingerprint density at radius 1 is 1.50 bits per heavy atom. The maximum atomic E-state index is 12.1. The van der Waals surface area contributed by atoms with Gasteiger partial charge in [-0.2, -0.15) is 0 Å². The summed E-state index contributed by atoms with van der Waals surface area (Å²) in [7, 11) is -0.140. The van der Waals surface area contributed by atoms with Crippen molar-refractivity contribution in [2.24, 2.45) is 13.0 Å². The topological polar surface area (TPSA) is 91.6 Å². The number of likely N-dealkylation sites (tertiary alicyclic amines) is 1. The minimum Gasteiger partial charge on any atom is -0.477 e. The monoisotopic (exact) mass is 301 g/mol. The highest BCUT2D eigenvalue weighted by atomic mass is 32.2. The van der Waals surface area contributed by atoms with Gasteiger partial charge >= 0.3 is 5.97 Å². The van der Waals surface area contributed by atoms with E-state index in [0.29, 0.717) is 12.5 Å². The fourth-order valence-electron chi connectivity index (χ4n) is 2.40. The van der Waals surface area contributed by atoms with Gasteiger partial charge in [-0.25, -0.2) is 17.9 Å². The van der Waals surface area contributed by atoms with Crippen LogP contribution >= 0.6 is 0 Å². The first kappa shape index (κ1) is 15.0. The van der Waals surface area contributed by atoms with Gasteiger partial charge in [0.2, 0.25) is 10.0 Å². The minimum atomic E-state index is -3.65. The van der Waals surface area contributed by atoms with Crippen LogP contribution in [0.3, 0.4) is 0 Å². The SMILES string of the molecule is CN1CCC(CNS(=O)(=O)c2cc(C(=O)O)n(C)c2)C1. The summed E-state index contributed by atoms with van der Waals surface area (Å²) < 4.78 is 28.1. The van der Waals surface area contributed by atoms with E-state index >= 15 is 0 Å². The van der Waals surface area contributed by atoms with E-state index in [0.717, 1.165) is 19.5 Å². The van der Waals surface area contributed by atoms with Crippen LogP contribution in [0, 0.1) is 5.92 Å². The predicted octanol–water partition coefficient (Wildman–Crippen LogP) is -0.0467. The number of carbonyl (C=O) groups is 1.